The van der Waals surface area contributed by atoms with Crippen molar-refractivity contribution in [3.05, 3.63) is 82.9 Å². The zero-order valence-electron chi connectivity index (χ0n) is 19.3. The highest BCUT2D eigenvalue weighted by atomic mass is 32.1. The second kappa shape index (κ2) is 9.33. The number of aryl methyl sites for hydroxylation is 1. The Balaban J connectivity index is 1.84. The molecule has 1 fully saturated rings. The number of aromatic carboxylic acids is 1. The van der Waals surface area contributed by atoms with E-state index in [-0.39, 0.29) is 17.6 Å². The van der Waals surface area contributed by atoms with E-state index in [4.69, 9.17) is 12.2 Å². The van der Waals surface area contributed by atoms with Crippen molar-refractivity contribution in [3.63, 3.8) is 0 Å². The molecule has 0 aliphatic carbocycles. The minimum atomic E-state index is -0.942. The van der Waals surface area contributed by atoms with E-state index in [1.54, 1.807) is 18.3 Å². The third-order valence-corrected chi connectivity index (χ3v) is 6.50. The van der Waals surface area contributed by atoms with Crippen LogP contribution in [0.5, 0.6) is 0 Å². The van der Waals surface area contributed by atoms with Crippen molar-refractivity contribution in [1.82, 2.24) is 24.7 Å². The number of carboxylic acid groups (broad SMARTS) is 1. The Labute approximate surface area is 199 Å². The summed E-state index contributed by atoms with van der Waals surface area (Å²) in [6, 6.07) is 15.0. The van der Waals surface area contributed by atoms with Gasteiger partial charge in [-0.3, -0.25) is 4.98 Å². The van der Waals surface area contributed by atoms with E-state index in [1.165, 1.54) is 0 Å². The van der Waals surface area contributed by atoms with Gasteiger partial charge in [0.25, 0.3) is 0 Å². The van der Waals surface area contributed by atoms with Gasteiger partial charge in [0.05, 0.1) is 29.0 Å². The number of rotatable bonds is 7. The number of nitrogens with zero attached hydrogens (tertiary/aromatic N) is 4. The molecule has 2 aromatic heterocycles. The fourth-order valence-corrected chi connectivity index (χ4v) is 4.93. The molecule has 4 rings (SSSR count). The second-order valence-corrected chi connectivity index (χ2v) is 8.99. The summed E-state index contributed by atoms with van der Waals surface area (Å²) in [6.07, 6.45) is 1.80. The molecule has 1 aliphatic rings. The van der Waals surface area contributed by atoms with Gasteiger partial charge in [-0.15, -0.1) is 0 Å². The van der Waals surface area contributed by atoms with Crippen LogP contribution in [0.2, 0.25) is 0 Å². The third-order valence-electron chi connectivity index (χ3n) is 6.15. The van der Waals surface area contributed by atoms with Crippen LogP contribution in [-0.2, 0) is 0 Å². The molecule has 0 bridgehead atoms. The lowest BCUT2D eigenvalue weighted by atomic mass is 9.96. The van der Waals surface area contributed by atoms with Gasteiger partial charge in [0.15, 0.2) is 5.11 Å². The van der Waals surface area contributed by atoms with Gasteiger partial charge >= 0.3 is 5.97 Å². The smallest absolute Gasteiger partial charge is 0.337 e. The summed E-state index contributed by atoms with van der Waals surface area (Å²) in [4.78, 5) is 20.9. The first-order valence-corrected chi connectivity index (χ1v) is 11.3. The Morgan fingerprint density at radius 2 is 1.91 bits per heavy atom. The van der Waals surface area contributed by atoms with Gasteiger partial charge in [-0.2, -0.15) is 0 Å². The summed E-state index contributed by atoms with van der Waals surface area (Å²) in [5.74, 6) is -0.942. The number of pyridine rings is 1. The summed E-state index contributed by atoms with van der Waals surface area (Å²) in [5.41, 5.74) is 4.93. The molecule has 8 heteroatoms. The van der Waals surface area contributed by atoms with Crippen LogP contribution < -0.4 is 5.32 Å². The molecule has 2 atom stereocenters. The Kier molecular flexibility index (Phi) is 6.49. The van der Waals surface area contributed by atoms with E-state index in [2.05, 4.69) is 26.2 Å². The van der Waals surface area contributed by atoms with Crippen molar-refractivity contribution >= 4 is 23.3 Å². The van der Waals surface area contributed by atoms with Crippen LogP contribution in [0, 0.1) is 13.8 Å². The molecule has 3 aromatic rings. The van der Waals surface area contributed by atoms with Crippen LogP contribution in [0.1, 0.15) is 45.1 Å². The minimum Gasteiger partial charge on any atom is -0.478 e. The highest BCUT2D eigenvalue weighted by Crippen LogP contribution is 2.41. The number of carboxylic acids is 1. The Hall–Kier alpha value is -3.23. The van der Waals surface area contributed by atoms with Crippen molar-refractivity contribution in [2.75, 3.05) is 27.2 Å². The summed E-state index contributed by atoms with van der Waals surface area (Å²) >= 11 is 5.76. The zero-order chi connectivity index (χ0) is 23.7. The molecule has 172 valence electrons. The lowest BCUT2D eigenvalue weighted by Crippen LogP contribution is -2.35. The fraction of sp³-hybridized carbons (Fsp3) is 0.320. The number of nitrogens with one attached hydrogen (secondary N) is 1. The van der Waals surface area contributed by atoms with Gasteiger partial charge < -0.3 is 24.8 Å². The maximum absolute atomic E-state index is 11.9. The first kappa shape index (κ1) is 22.9. The fourth-order valence-electron chi connectivity index (χ4n) is 4.60. The van der Waals surface area contributed by atoms with Gasteiger partial charge in [0, 0.05) is 30.7 Å². The van der Waals surface area contributed by atoms with Crippen molar-refractivity contribution in [2.45, 2.75) is 25.9 Å². The Morgan fingerprint density at radius 3 is 2.58 bits per heavy atom. The highest BCUT2D eigenvalue weighted by Gasteiger charge is 2.41. The number of hydrogen-bond donors (Lipinski definition) is 2. The van der Waals surface area contributed by atoms with Crippen LogP contribution in [-0.4, -0.2) is 62.7 Å². The average molecular weight is 464 g/mol. The molecule has 2 N–H and O–H groups in total. The van der Waals surface area contributed by atoms with Gasteiger partial charge in [-0.1, -0.05) is 18.2 Å². The van der Waals surface area contributed by atoms with Crippen LogP contribution in [0.4, 0.5) is 0 Å². The molecule has 0 radical (unpaired) electrons. The van der Waals surface area contributed by atoms with Crippen LogP contribution >= 0.6 is 12.2 Å². The lowest BCUT2D eigenvalue weighted by molar-refractivity contribution is 0.0697. The van der Waals surface area contributed by atoms with Gasteiger partial charge in [0.1, 0.15) is 0 Å². The van der Waals surface area contributed by atoms with Crippen LogP contribution in [0.3, 0.4) is 0 Å². The topological polar surface area (TPSA) is 73.6 Å². The summed E-state index contributed by atoms with van der Waals surface area (Å²) in [6.45, 7) is 5.67. The van der Waals surface area contributed by atoms with Crippen LogP contribution in [0.15, 0.2) is 54.7 Å². The van der Waals surface area contributed by atoms with Crippen molar-refractivity contribution in [3.8, 4) is 5.69 Å². The SMILES string of the molecule is Cc1cc(C2C(c3ccccn3)NC(=S)N2CCN(C)C)c(C)n1-c1ccccc1C(=O)O. The van der Waals surface area contributed by atoms with E-state index in [9.17, 15) is 9.90 Å². The number of carbonyl (C=O) groups is 1. The molecule has 7 nitrogen and oxygen atoms in total. The average Bonchev–Trinajstić information content (AvgIpc) is 3.27. The summed E-state index contributed by atoms with van der Waals surface area (Å²) in [7, 11) is 4.10. The number of likely N-dealkylation sites (N-methyl/N-ethyl adjacent to an activating group) is 1. The first-order chi connectivity index (χ1) is 15.8. The van der Waals surface area contributed by atoms with E-state index >= 15 is 0 Å². The number of para-hydroxylation sites is 1. The van der Waals surface area contributed by atoms with E-state index < -0.39 is 5.97 Å². The normalized spacial score (nSPS) is 18.1. The van der Waals surface area contributed by atoms with E-state index in [0.717, 1.165) is 35.7 Å². The summed E-state index contributed by atoms with van der Waals surface area (Å²) in [5, 5.41) is 13.9. The molecule has 0 saturated carbocycles. The third kappa shape index (κ3) is 4.36. The number of benzene rings is 1. The zero-order valence-corrected chi connectivity index (χ0v) is 20.1. The molecule has 1 aliphatic heterocycles. The number of hydrogen-bond acceptors (Lipinski definition) is 4. The Bertz CT molecular complexity index is 1170. The molecule has 3 heterocycles. The first-order valence-electron chi connectivity index (χ1n) is 10.9. The lowest BCUT2D eigenvalue weighted by Gasteiger charge is -2.29. The second-order valence-electron chi connectivity index (χ2n) is 8.61. The monoisotopic (exact) mass is 463 g/mol. The quantitative estimate of drug-likeness (QED) is 0.517. The summed E-state index contributed by atoms with van der Waals surface area (Å²) < 4.78 is 2.03. The number of thiocarbonyl (C=S) groups is 1. The van der Waals surface area contributed by atoms with E-state index in [1.807, 2.05) is 62.8 Å². The number of aromatic nitrogens is 2. The molecule has 1 aromatic carbocycles. The van der Waals surface area contributed by atoms with Gasteiger partial charge in [0.2, 0.25) is 0 Å². The van der Waals surface area contributed by atoms with Gasteiger partial charge in [-0.05, 0) is 76.1 Å². The van der Waals surface area contributed by atoms with E-state index in [0.29, 0.717) is 10.8 Å². The van der Waals surface area contributed by atoms with Crippen molar-refractivity contribution in [1.29, 1.82) is 0 Å². The Morgan fingerprint density at radius 1 is 1.18 bits per heavy atom. The molecule has 0 spiro atoms. The molecular formula is C25H29N5O2S. The molecule has 33 heavy (non-hydrogen) atoms. The minimum absolute atomic E-state index is 0.0655. The highest BCUT2D eigenvalue weighted by molar-refractivity contribution is 7.80. The molecule has 2 unspecified atom stereocenters. The molecular weight excluding hydrogens is 434 g/mol. The largest absolute Gasteiger partial charge is 0.478 e. The van der Waals surface area contributed by atoms with Crippen molar-refractivity contribution in [2.24, 2.45) is 0 Å². The van der Waals surface area contributed by atoms with Crippen LogP contribution in [0.25, 0.3) is 5.69 Å². The molecule has 1 saturated heterocycles. The maximum Gasteiger partial charge on any atom is 0.337 e. The predicted molar refractivity (Wildman–Crippen MR) is 133 cm³/mol. The predicted octanol–water partition coefficient (Wildman–Crippen LogP) is 3.72. The molecule has 0 amide bonds. The maximum atomic E-state index is 11.9. The standard InChI is InChI=1S/C25H29N5O2S/c1-16-15-19(17(2)30(16)21-11-6-5-9-18(21)24(31)32)23-22(20-10-7-8-12-26-20)27-25(33)29(23)14-13-28(3)4/h5-12,15,22-23H,13-14H2,1-4H3,(H,27,33)(H,31,32). The van der Waals surface area contributed by atoms with Crippen molar-refractivity contribution < 1.29 is 9.90 Å². The van der Waals surface area contributed by atoms with Gasteiger partial charge in [-0.25, -0.2) is 4.79 Å².